The van der Waals surface area contributed by atoms with E-state index >= 15 is 0 Å². The normalized spacial score (nSPS) is 21.2. The molecule has 1 fully saturated rings. The van der Waals surface area contributed by atoms with E-state index in [9.17, 15) is 5.11 Å². The second-order valence-corrected chi connectivity index (χ2v) is 5.13. The predicted molar refractivity (Wildman–Crippen MR) is 60.3 cm³/mol. The van der Waals surface area contributed by atoms with E-state index in [4.69, 9.17) is 0 Å². The summed E-state index contributed by atoms with van der Waals surface area (Å²) in [5.41, 5.74) is 0. The third-order valence-corrected chi connectivity index (χ3v) is 3.09. The first-order valence-corrected chi connectivity index (χ1v) is 6.01. The molecular weight excluding hydrogens is 174 g/mol. The molecule has 0 amide bonds. The van der Waals surface area contributed by atoms with Gasteiger partial charge in [-0.25, -0.2) is 0 Å². The molecule has 0 bridgehead atoms. The van der Waals surface area contributed by atoms with E-state index < -0.39 is 0 Å². The Hall–Kier alpha value is -0.0800. The van der Waals surface area contributed by atoms with Crippen molar-refractivity contribution in [1.82, 2.24) is 5.32 Å². The Balaban J connectivity index is 1.96. The molecule has 0 aromatic rings. The Morgan fingerprint density at radius 1 is 1.29 bits per heavy atom. The molecule has 0 aliphatic heterocycles. The second kappa shape index (κ2) is 5.72. The van der Waals surface area contributed by atoms with Gasteiger partial charge in [0, 0.05) is 6.04 Å². The number of aliphatic hydroxyl groups is 1. The minimum atomic E-state index is -0.143. The molecule has 1 saturated carbocycles. The minimum absolute atomic E-state index is 0.143. The molecule has 84 valence electrons. The van der Waals surface area contributed by atoms with Gasteiger partial charge in [0.05, 0.1) is 6.10 Å². The fraction of sp³-hybridized carbons (Fsp3) is 1.00. The third-order valence-electron chi connectivity index (χ3n) is 3.09. The van der Waals surface area contributed by atoms with Crippen molar-refractivity contribution in [1.29, 1.82) is 0 Å². The van der Waals surface area contributed by atoms with E-state index in [-0.39, 0.29) is 6.10 Å². The van der Waals surface area contributed by atoms with Crippen molar-refractivity contribution in [3.63, 3.8) is 0 Å². The Labute approximate surface area is 88.1 Å². The van der Waals surface area contributed by atoms with Gasteiger partial charge >= 0.3 is 0 Å². The van der Waals surface area contributed by atoms with Crippen LogP contribution >= 0.6 is 0 Å². The summed E-state index contributed by atoms with van der Waals surface area (Å²) < 4.78 is 0. The number of hydrogen-bond donors (Lipinski definition) is 2. The Morgan fingerprint density at radius 2 is 1.93 bits per heavy atom. The van der Waals surface area contributed by atoms with Gasteiger partial charge in [-0.2, -0.15) is 0 Å². The van der Waals surface area contributed by atoms with Gasteiger partial charge in [0.15, 0.2) is 0 Å². The fourth-order valence-corrected chi connectivity index (χ4v) is 1.75. The zero-order valence-electron chi connectivity index (χ0n) is 9.79. The van der Waals surface area contributed by atoms with Gasteiger partial charge in [0.1, 0.15) is 0 Å². The van der Waals surface area contributed by atoms with Gasteiger partial charge in [-0.3, -0.25) is 0 Å². The average molecular weight is 199 g/mol. The maximum absolute atomic E-state index is 9.59. The summed E-state index contributed by atoms with van der Waals surface area (Å²) in [7, 11) is 0. The number of rotatable bonds is 7. The second-order valence-electron chi connectivity index (χ2n) is 5.13. The van der Waals surface area contributed by atoms with Crippen LogP contribution in [0.2, 0.25) is 0 Å². The molecule has 1 aliphatic carbocycles. The van der Waals surface area contributed by atoms with Gasteiger partial charge in [0.2, 0.25) is 0 Å². The lowest BCUT2D eigenvalue weighted by atomic mass is 10.0. The van der Waals surface area contributed by atoms with Crippen molar-refractivity contribution in [2.45, 2.75) is 58.6 Å². The molecule has 2 unspecified atom stereocenters. The lowest BCUT2D eigenvalue weighted by Crippen LogP contribution is -2.30. The van der Waals surface area contributed by atoms with Crippen molar-refractivity contribution in [3.05, 3.63) is 0 Å². The van der Waals surface area contributed by atoms with Crippen LogP contribution in [-0.2, 0) is 0 Å². The Morgan fingerprint density at radius 3 is 2.43 bits per heavy atom. The van der Waals surface area contributed by atoms with Crippen LogP contribution in [0.15, 0.2) is 0 Å². The standard InChI is InChI=1S/C12H25NO/c1-9(2)12(14)6-7-13-10(3)8-11-4-5-11/h9-14H,4-8H2,1-3H3. The van der Waals surface area contributed by atoms with Crippen molar-refractivity contribution < 1.29 is 5.11 Å². The van der Waals surface area contributed by atoms with Crippen LogP contribution in [0.4, 0.5) is 0 Å². The van der Waals surface area contributed by atoms with E-state index in [0.717, 1.165) is 18.9 Å². The summed E-state index contributed by atoms with van der Waals surface area (Å²) in [5.74, 6) is 1.38. The molecule has 0 aromatic carbocycles. The number of aliphatic hydroxyl groups excluding tert-OH is 1. The van der Waals surface area contributed by atoms with E-state index in [1.54, 1.807) is 0 Å². The summed E-state index contributed by atoms with van der Waals surface area (Å²) in [5, 5.41) is 13.1. The Kier molecular flexibility index (Phi) is 4.90. The molecule has 1 aliphatic rings. The van der Waals surface area contributed by atoms with Crippen molar-refractivity contribution in [2.24, 2.45) is 11.8 Å². The molecule has 0 radical (unpaired) electrons. The zero-order valence-corrected chi connectivity index (χ0v) is 9.79. The van der Waals surface area contributed by atoms with Crippen LogP contribution < -0.4 is 5.32 Å². The largest absolute Gasteiger partial charge is 0.393 e. The van der Waals surface area contributed by atoms with E-state index in [1.807, 2.05) is 0 Å². The highest BCUT2D eigenvalue weighted by Crippen LogP contribution is 2.33. The molecule has 0 heterocycles. The molecule has 0 spiro atoms. The summed E-state index contributed by atoms with van der Waals surface area (Å²) in [6.07, 6.45) is 4.92. The van der Waals surface area contributed by atoms with E-state index in [0.29, 0.717) is 12.0 Å². The molecule has 14 heavy (non-hydrogen) atoms. The first-order valence-electron chi connectivity index (χ1n) is 6.01. The number of nitrogens with one attached hydrogen (secondary N) is 1. The van der Waals surface area contributed by atoms with Gasteiger partial charge in [-0.15, -0.1) is 0 Å². The summed E-state index contributed by atoms with van der Waals surface area (Å²) in [6, 6.07) is 0.627. The molecule has 0 saturated heterocycles. The summed E-state index contributed by atoms with van der Waals surface area (Å²) >= 11 is 0. The maximum atomic E-state index is 9.59. The molecule has 2 N–H and O–H groups in total. The SMILES string of the molecule is CC(CC1CC1)NCCC(O)C(C)C. The lowest BCUT2D eigenvalue weighted by molar-refractivity contribution is 0.115. The maximum Gasteiger partial charge on any atom is 0.0575 e. The molecule has 2 atom stereocenters. The quantitative estimate of drug-likeness (QED) is 0.658. The van der Waals surface area contributed by atoms with Crippen molar-refractivity contribution >= 4 is 0 Å². The van der Waals surface area contributed by atoms with Crippen LogP contribution in [0.3, 0.4) is 0 Å². The van der Waals surface area contributed by atoms with E-state index in [1.165, 1.54) is 19.3 Å². The van der Waals surface area contributed by atoms with E-state index in [2.05, 4.69) is 26.1 Å². The fourth-order valence-electron chi connectivity index (χ4n) is 1.75. The monoisotopic (exact) mass is 199 g/mol. The molecule has 2 heteroatoms. The van der Waals surface area contributed by atoms with Crippen LogP contribution in [0, 0.1) is 11.8 Å². The van der Waals surface area contributed by atoms with Gasteiger partial charge in [-0.05, 0) is 38.1 Å². The smallest absolute Gasteiger partial charge is 0.0575 e. The lowest BCUT2D eigenvalue weighted by Gasteiger charge is -2.17. The van der Waals surface area contributed by atoms with Crippen molar-refractivity contribution in [3.8, 4) is 0 Å². The van der Waals surface area contributed by atoms with Gasteiger partial charge in [-0.1, -0.05) is 26.7 Å². The third kappa shape index (κ3) is 4.97. The van der Waals surface area contributed by atoms with Gasteiger partial charge in [0.25, 0.3) is 0 Å². The summed E-state index contributed by atoms with van der Waals surface area (Å²) in [6.45, 7) is 7.34. The van der Waals surface area contributed by atoms with Crippen molar-refractivity contribution in [2.75, 3.05) is 6.54 Å². The van der Waals surface area contributed by atoms with Crippen LogP contribution in [0.1, 0.15) is 46.5 Å². The first kappa shape index (κ1) is 12.0. The zero-order chi connectivity index (χ0) is 10.6. The average Bonchev–Trinajstić information content (AvgIpc) is 2.87. The molecular formula is C12H25NO. The predicted octanol–water partition coefficient (Wildman–Crippen LogP) is 2.17. The highest BCUT2D eigenvalue weighted by atomic mass is 16.3. The van der Waals surface area contributed by atoms with Crippen LogP contribution in [0.25, 0.3) is 0 Å². The Bertz CT molecular complexity index is 154. The highest BCUT2D eigenvalue weighted by molar-refractivity contribution is 4.78. The number of hydrogen-bond acceptors (Lipinski definition) is 2. The van der Waals surface area contributed by atoms with Crippen LogP contribution in [0.5, 0.6) is 0 Å². The van der Waals surface area contributed by atoms with Gasteiger partial charge < -0.3 is 10.4 Å². The minimum Gasteiger partial charge on any atom is -0.393 e. The topological polar surface area (TPSA) is 32.3 Å². The highest BCUT2D eigenvalue weighted by Gasteiger charge is 2.23. The summed E-state index contributed by atoms with van der Waals surface area (Å²) in [4.78, 5) is 0. The molecule has 0 aromatic heterocycles. The molecule has 2 nitrogen and oxygen atoms in total. The molecule has 1 rings (SSSR count). The first-order chi connectivity index (χ1) is 6.59. The van der Waals surface area contributed by atoms with Crippen LogP contribution in [-0.4, -0.2) is 23.8 Å².